The lowest BCUT2D eigenvalue weighted by Crippen LogP contribution is -2.39. The monoisotopic (exact) mass is 313 g/mol. The molecule has 0 aromatic heterocycles. The molecule has 5 nitrogen and oxygen atoms in total. The maximum absolute atomic E-state index is 13.0. The van der Waals surface area contributed by atoms with Crippen LogP contribution in [0.1, 0.15) is 18.5 Å². The van der Waals surface area contributed by atoms with Crippen molar-refractivity contribution in [1.82, 2.24) is 4.90 Å². The molecule has 1 amide bonds. The van der Waals surface area contributed by atoms with E-state index in [-0.39, 0.29) is 24.0 Å². The SMILES string of the molecule is COC(=O)[C@@H]1[C@@H]2C=C[C@@]3(CN([C@@H](C)c4ccccc4)C(=O)[C@@H]13)O2. The number of ether oxygens (including phenoxy) is 2. The Morgan fingerprint density at radius 3 is 2.83 bits per heavy atom. The highest BCUT2D eigenvalue weighted by atomic mass is 16.5. The largest absolute Gasteiger partial charge is 0.469 e. The molecule has 1 aromatic carbocycles. The van der Waals surface area contributed by atoms with Crippen molar-refractivity contribution >= 4 is 11.9 Å². The number of nitrogens with zero attached hydrogens (tertiary/aromatic N) is 1. The number of rotatable bonds is 3. The number of benzene rings is 1. The topological polar surface area (TPSA) is 55.8 Å². The minimum Gasteiger partial charge on any atom is -0.469 e. The fourth-order valence-corrected chi connectivity index (χ4v) is 4.17. The van der Waals surface area contributed by atoms with Gasteiger partial charge in [0, 0.05) is 0 Å². The summed E-state index contributed by atoms with van der Waals surface area (Å²) in [5.74, 6) is -1.40. The molecule has 2 bridgehead atoms. The van der Waals surface area contributed by atoms with Gasteiger partial charge in [-0.3, -0.25) is 9.59 Å². The lowest BCUT2D eigenvalue weighted by molar-refractivity contribution is -0.151. The molecule has 3 heterocycles. The molecular formula is C18H19NO4. The average Bonchev–Trinajstić information content (AvgIpc) is 3.22. The Kier molecular flexibility index (Phi) is 3.10. The lowest BCUT2D eigenvalue weighted by atomic mass is 9.77. The summed E-state index contributed by atoms with van der Waals surface area (Å²) < 4.78 is 10.9. The van der Waals surface area contributed by atoms with Crippen molar-refractivity contribution in [3.63, 3.8) is 0 Å². The van der Waals surface area contributed by atoms with E-state index in [1.165, 1.54) is 7.11 Å². The van der Waals surface area contributed by atoms with Gasteiger partial charge in [-0.2, -0.15) is 0 Å². The van der Waals surface area contributed by atoms with E-state index in [0.29, 0.717) is 6.54 Å². The summed E-state index contributed by atoms with van der Waals surface area (Å²) in [5, 5.41) is 0. The summed E-state index contributed by atoms with van der Waals surface area (Å²) in [6, 6.07) is 9.84. The molecule has 4 rings (SSSR count). The molecule has 3 aliphatic rings. The third kappa shape index (κ3) is 1.89. The van der Waals surface area contributed by atoms with Gasteiger partial charge in [-0.1, -0.05) is 42.5 Å². The van der Waals surface area contributed by atoms with Crippen LogP contribution in [0.4, 0.5) is 0 Å². The lowest BCUT2D eigenvalue weighted by Gasteiger charge is -2.27. The van der Waals surface area contributed by atoms with Crippen LogP contribution in [0.3, 0.4) is 0 Å². The summed E-state index contributed by atoms with van der Waals surface area (Å²) in [6.45, 7) is 2.49. The van der Waals surface area contributed by atoms with Crippen molar-refractivity contribution in [2.24, 2.45) is 11.8 Å². The van der Waals surface area contributed by atoms with Crippen LogP contribution >= 0.6 is 0 Å². The zero-order valence-electron chi connectivity index (χ0n) is 13.1. The first-order valence-corrected chi connectivity index (χ1v) is 7.88. The Balaban J connectivity index is 1.67. The average molecular weight is 313 g/mol. The highest BCUT2D eigenvalue weighted by Gasteiger charge is 2.67. The van der Waals surface area contributed by atoms with Crippen LogP contribution in [0.2, 0.25) is 0 Å². The molecule has 5 atom stereocenters. The number of hydrogen-bond acceptors (Lipinski definition) is 4. The molecule has 0 N–H and O–H groups in total. The van der Waals surface area contributed by atoms with E-state index >= 15 is 0 Å². The van der Waals surface area contributed by atoms with Gasteiger partial charge in [-0.25, -0.2) is 0 Å². The van der Waals surface area contributed by atoms with Crippen LogP contribution in [0, 0.1) is 11.8 Å². The van der Waals surface area contributed by atoms with E-state index in [1.54, 1.807) is 0 Å². The van der Waals surface area contributed by atoms with E-state index in [1.807, 2.05) is 54.3 Å². The van der Waals surface area contributed by atoms with Crippen molar-refractivity contribution in [3.8, 4) is 0 Å². The van der Waals surface area contributed by atoms with Crippen LogP contribution < -0.4 is 0 Å². The number of hydrogen-bond donors (Lipinski definition) is 0. The van der Waals surface area contributed by atoms with Gasteiger partial charge < -0.3 is 14.4 Å². The fourth-order valence-electron chi connectivity index (χ4n) is 4.17. The molecule has 1 aromatic rings. The minimum absolute atomic E-state index is 0.0244. The molecule has 0 radical (unpaired) electrons. The van der Waals surface area contributed by atoms with Crippen molar-refractivity contribution in [2.75, 3.05) is 13.7 Å². The fraction of sp³-hybridized carbons (Fsp3) is 0.444. The zero-order valence-corrected chi connectivity index (χ0v) is 13.1. The van der Waals surface area contributed by atoms with Crippen molar-refractivity contribution < 1.29 is 19.1 Å². The molecule has 0 aliphatic carbocycles. The van der Waals surface area contributed by atoms with E-state index in [0.717, 1.165) is 5.56 Å². The Labute approximate surface area is 134 Å². The predicted molar refractivity (Wildman–Crippen MR) is 82.3 cm³/mol. The molecule has 3 aliphatic heterocycles. The zero-order chi connectivity index (χ0) is 16.2. The molecule has 2 fully saturated rings. The quantitative estimate of drug-likeness (QED) is 0.629. The van der Waals surface area contributed by atoms with Crippen molar-refractivity contribution in [2.45, 2.75) is 24.7 Å². The maximum atomic E-state index is 13.0. The molecule has 0 saturated carbocycles. The first kappa shape index (κ1) is 14.5. The van der Waals surface area contributed by atoms with E-state index in [4.69, 9.17) is 9.47 Å². The van der Waals surface area contributed by atoms with Gasteiger partial charge in [0.2, 0.25) is 5.91 Å². The highest BCUT2D eigenvalue weighted by Crippen LogP contribution is 2.53. The number of carbonyl (C=O) groups is 2. The third-order valence-electron chi connectivity index (χ3n) is 5.35. The molecule has 23 heavy (non-hydrogen) atoms. The molecular weight excluding hydrogens is 294 g/mol. The van der Waals surface area contributed by atoms with E-state index in [9.17, 15) is 9.59 Å². The van der Waals surface area contributed by atoms with E-state index < -0.39 is 17.4 Å². The smallest absolute Gasteiger partial charge is 0.312 e. The van der Waals surface area contributed by atoms with Crippen LogP contribution in [0.5, 0.6) is 0 Å². The maximum Gasteiger partial charge on any atom is 0.312 e. The molecule has 1 spiro atoms. The predicted octanol–water partition coefficient (Wildman–Crippen LogP) is 1.70. The third-order valence-corrected chi connectivity index (χ3v) is 5.35. The summed E-state index contributed by atoms with van der Waals surface area (Å²) in [5.41, 5.74) is 0.397. The van der Waals surface area contributed by atoms with E-state index in [2.05, 4.69) is 0 Å². The number of likely N-dealkylation sites (tertiary alicyclic amines) is 1. The summed E-state index contributed by atoms with van der Waals surface area (Å²) >= 11 is 0. The van der Waals surface area contributed by atoms with Gasteiger partial charge >= 0.3 is 5.97 Å². The Bertz CT molecular complexity index is 686. The van der Waals surface area contributed by atoms with Gasteiger partial charge in [-0.15, -0.1) is 0 Å². The van der Waals surface area contributed by atoms with Gasteiger partial charge in [0.15, 0.2) is 0 Å². The second kappa shape index (κ2) is 4.93. The standard InChI is InChI=1S/C18H19NO4/c1-11(12-6-4-3-5-7-12)19-10-18-9-8-13(23-18)14(17(21)22-2)15(18)16(19)20/h3-9,11,13-15H,10H2,1-2H3/t11-,13-,14+,15+,18-/m0/s1. The van der Waals surface area contributed by atoms with Crippen molar-refractivity contribution in [3.05, 3.63) is 48.0 Å². The summed E-state index contributed by atoms with van der Waals surface area (Å²) in [7, 11) is 1.36. The second-order valence-corrected chi connectivity index (χ2v) is 6.48. The summed E-state index contributed by atoms with van der Waals surface area (Å²) in [6.07, 6.45) is 3.50. The molecule has 0 unspecified atom stereocenters. The Morgan fingerprint density at radius 1 is 1.39 bits per heavy atom. The van der Waals surface area contributed by atoms with Gasteiger partial charge in [-0.05, 0) is 12.5 Å². The minimum atomic E-state index is -0.677. The van der Waals surface area contributed by atoms with Crippen LogP contribution in [0.25, 0.3) is 0 Å². The Morgan fingerprint density at radius 2 is 2.13 bits per heavy atom. The van der Waals surface area contributed by atoms with Gasteiger partial charge in [0.05, 0.1) is 31.7 Å². The number of esters is 1. The normalized spacial score (nSPS) is 35.5. The second-order valence-electron chi connectivity index (χ2n) is 6.48. The number of fused-ring (bicyclic) bond motifs is 1. The summed E-state index contributed by atoms with van der Waals surface area (Å²) in [4.78, 5) is 27.0. The van der Waals surface area contributed by atoms with Crippen molar-refractivity contribution in [1.29, 1.82) is 0 Å². The number of carbonyl (C=O) groups excluding carboxylic acids is 2. The molecule has 5 heteroatoms. The van der Waals surface area contributed by atoms with Gasteiger partial charge in [0.1, 0.15) is 11.5 Å². The molecule has 120 valence electrons. The first-order chi connectivity index (χ1) is 11.1. The first-order valence-electron chi connectivity index (χ1n) is 7.88. The van der Waals surface area contributed by atoms with Crippen LogP contribution in [-0.4, -0.2) is 42.1 Å². The highest BCUT2D eigenvalue weighted by molar-refractivity contribution is 5.91. The van der Waals surface area contributed by atoms with Crippen LogP contribution in [-0.2, 0) is 19.1 Å². The molecule has 2 saturated heterocycles. The van der Waals surface area contributed by atoms with Gasteiger partial charge in [0.25, 0.3) is 0 Å². The number of amides is 1. The Hall–Kier alpha value is -2.14. The van der Waals surface area contributed by atoms with Crippen LogP contribution in [0.15, 0.2) is 42.5 Å². The number of methoxy groups -OCH3 is 1.